The first-order chi connectivity index (χ1) is 12.1. The van der Waals surface area contributed by atoms with E-state index in [0.717, 1.165) is 24.8 Å². The topological polar surface area (TPSA) is 55.8 Å². The van der Waals surface area contributed by atoms with Crippen molar-refractivity contribution in [1.29, 1.82) is 0 Å². The SMILES string of the molecule is COc1cc(Br)c(C=O)cc1OCC(=O)N1CCCc2ccccc21. The van der Waals surface area contributed by atoms with Crippen LogP contribution in [0.15, 0.2) is 40.9 Å². The highest BCUT2D eigenvalue weighted by Gasteiger charge is 2.23. The number of aryl methyl sites for hydroxylation is 1. The number of methoxy groups -OCH3 is 1. The predicted molar refractivity (Wildman–Crippen MR) is 98.7 cm³/mol. The van der Waals surface area contributed by atoms with Crippen LogP contribution in [-0.2, 0) is 11.2 Å². The molecule has 2 aromatic carbocycles. The van der Waals surface area contributed by atoms with E-state index in [1.165, 1.54) is 12.7 Å². The number of ether oxygens (including phenoxy) is 2. The number of fused-ring (bicyclic) bond motifs is 1. The van der Waals surface area contributed by atoms with Gasteiger partial charge in [0.25, 0.3) is 5.91 Å². The third-order valence-corrected chi connectivity index (χ3v) is 4.86. The van der Waals surface area contributed by atoms with E-state index in [2.05, 4.69) is 15.9 Å². The van der Waals surface area contributed by atoms with Crippen molar-refractivity contribution in [3.8, 4) is 11.5 Å². The summed E-state index contributed by atoms with van der Waals surface area (Å²) in [7, 11) is 1.51. The summed E-state index contributed by atoms with van der Waals surface area (Å²) in [5.74, 6) is 0.709. The molecule has 0 bridgehead atoms. The zero-order chi connectivity index (χ0) is 17.8. The minimum Gasteiger partial charge on any atom is -0.493 e. The van der Waals surface area contributed by atoms with E-state index >= 15 is 0 Å². The molecule has 6 heteroatoms. The van der Waals surface area contributed by atoms with Crippen molar-refractivity contribution in [1.82, 2.24) is 0 Å². The molecule has 0 aliphatic carbocycles. The summed E-state index contributed by atoms with van der Waals surface area (Å²) in [6, 6.07) is 11.1. The van der Waals surface area contributed by atoms with Gasteiger partial charge in [0.1, 0.15) is 0 Å². The van der Waals surface area contributed by atoms with Crippen LogP contribution in [-0.4, -0.2) is 32.5 Å². The lowest BCUT2D eigenvalue weighted by molar-refractivity contribution is -0.120. The number of anilines is 1. The van der Waals surface area contributed by atoms with Crippen LogP contribution < -0.4 is 14.4 Å². The fourth-order valence-corrected chi connectivity index (χ4v) is 3.34. The number of hydrogen-bond acceptors (Lipinski definition) is 4. The second kappa shape index (κ2) is 7.70. The maximum Gasteiger partial charge on any atom is 0.264 e. The molecule has 0 unspecified atom stereocenters. The van der Waals surface area contributed by atoms with Gasteiger partial charge < -0.3 is 14.4 Å². The molecule has 1 amide bonds. The summed E-state index contributed by atoms with van der Waals surface area (Å²) >= 11 is 3.30. The number of hydrogen-bond donors (Lipinski definition) is 0. The van der Waals surface area contributed by atoms with Crippen molar-refractivity contribution in [3.05, 3.63) is 52.0 Å². The van der Waals surface area contributed by atoms with E-state index in [9.17, 15) is 9.59 Å². The van der Waals surface area contributed by atoms with Gasteiger partial charge in [0.15, 0.2) is 24.4 Å². The maximum atomic E-state index is 12.6. The highest BCUT2D eigenvalue weighted by Crippen LogP contribution is 2.33. The van der Waals surface area contributed by atoms with Gasteiger partial charge in [-0.15, -0.1) is 0 Å². The van der Waals surface area contributed by atoms with Crippen LogP contribution in [0.5, 0.6) is 11.5 Å². The van der Waals surface area contributed by atoms with Crippen molar-refractivity contribution >= 4 is 33.8 Å². The van der Waals surface area contributed by atoms with Crippen LogP contribution in [0.25, 0.3) is 0 Å². The predicted octanol–water partition coefficient (Wildman–Crippen LogP) is 3.63. The number of nitrogens with zero attached hydrogens (tertiary/aromatic N) is 1. The molecule has 0 saturated carbocycles. The summed E-state index contributed by atoms with van der Waals surface area (Å²) in [6.45, 7) is 0.556. The average Bonchev–Trinajstić information content (AvgIpc) is 2.65. The molecule has 1 aliphatic heterocycles. The smallest absolute Gasteiger partial charge is 0.264 e. The van der Waals surface area contributed by atoms with Crippen molar-refractivity contribution < 1.29 is 19.1 Å². The Morgan fingerprint density at radius 3 is 2.84 bits per heavy atom. The summed E-state index contributed by atoms with van der Waals surface area (Å²) in [6.07, 6.45) is 2.63. The van der Waals surface area contributed by atoms with Gasteiger partial charge in [0.05, 0.1) is 7.11 Å². The Balaban J connectivity index is 1.76. The number of rotatable bonds is 5. The second-order valence-electron chi connectivity index (χ2n) is 5.71. The van der Waals surface area contributed by atoms with Gasteiger partial charge in [-0.05, 0) is 52.5 Å². The van der Waals surface area contributed by atoms with Crippen LogP contribution in [0.4, 0.5) is 5.69 Å². The minimum atomic E-state index is -0.121. The number of para-hydroxylation sites is 1. The molecule has 3 rings (SSSR count). The lowest BCUT2D eigenvalue weighted by Crippen LogP contribution is -2.38. The quantitative estimate of drug-likeness (QED) is 0.715. The molecule has 5 nitrogen and oxygen atoms in total. The Morgan fingerprint density at radius 1 is 1.28 bits per heavy atom. The standard InChI is InChI=1S/C19H18BrNO4/c1-24-17-10-15(20)14(11-22)9-18(17)25-12-19(23)21-8-4-6-13-5-2-3-7-16(13)21/h2-3,5,7,9-11H,4,6,8,12H2,1H3. The molecule has 0 atom stereocenters. The Bertz CT molecular complexity index is 806. The van der Waals surface area contributed by atoms with Crippen molar-refractivity contribution in [2.24, 2.45) is 0 Å². The van der Waals surface area contributed by atoms with Gasteiger partial charge in [-0.3, -0.25) is 9.59 Å². The molecule has 0 fully saturated rings. The molecule has 0 spiro atoms. The van der Waals surface area contributed by atoms with E-state index < -0.39 is 0 Å². The number of aldehydes is 1. The summed E-state index contributed by atoms with van der Waals surface area (Å²) in [5, 5.41) is 0. The van der Waals surface area contributed by atoms with Gasteiger partial charge >= 0.3 is 0 Å². The molecule has 0 saturated heterocycles. The van der Waals surface area contributed by atoms with Crippen molar-refractivity contribution in [2.75, 3.05) is 25.2 Å². The molecule has 0 N–H and O–H groups in total. The number of carbonyl (C=O) groups excluding carboxylic acids is 2. The van der Waals surface area contributed by atoms with Crippen LogP contribution in [0.1, 0.15) is 22.3 Å². The van der Waals surface area contributed by atoms with Gasteiger partial charge in [0.2, 0.25) is 0 Å². The highest BCUT2D eigenvalue weighted by atomic mass is 79.9. The fourth-order valence-electron chi connectivity index (χ4n) is 2.92. The van der Waals surface area contributed by atoms with E-state index in [1.54, 1.807) is 17.0 Å². The first kappa shape index (κ1) is 17.5. The zero-order valence-electron chi connectivity index (χ0n) is 13.8. The van der Waals surface area contributed by atoms with Crippen LogP contribution >= 0.6 is 15.9 Å². The van der Waals surface area contributed by atoms with Crippen LogP contribution in [0.2, 0.25) is 0 Å². The number of benzene rings is 2. The molecule has 130 valence electrons. The second-order valence-corrected chi connectivity index (χ2v) is 6.56. The Labute approximate surface area is 154 Å². The van der Waals surface area contributed by atoms with Gasteiger partial charge in [-0.25, -0.2) is 0 Å². The van der Waals surface area contributed by atoms with Crippen LogP contribution in [0.3, 0.4) is 0 Å². The normalized spacial score (nSPS) is 13.1. The summed E-state index contributed by atoms with van der Waals surface area (Å²) in [4.78, 5) is 25.5. The Kier molecular flexibility index (Phi) is 5.38. The minimum absolute atomic E-state index is 0.120. The molecular formula is C19H18BrNO4. The largest absolute Gasteiger partial charge is 0.493 e. The fraction of sp³-hybridized carbons (Fsp3) is 0.263. The summed E-state index contributed by atoms with van der Waals surface area (Å²) < 4.78 is 11.5. The lowest BCUT2D eigenvalue weighted by atomic mass is 10.0. The molecule has 0 radical (unpaired) electrons. The van der Waals surface area contributed by atoms with E-state index in [0.29, 0.717) is 28.1 Å². The highest BCUT2D eigenvalue weighted by molar-refractivity contribution is 9.10. The molecule has 0 aromatic heterocycles. The van der Waals surface area contributed by atoms with Crippen molar-refractivity contribution in [2.45, 2.75) is 12.8 Å². The average molecular weight is 404 g/mol. The third-order valence-electron chi connectivity index (χ3n) is 4.17. The first-order valence-electron chi connectivity index (χ1n) is 7.98. The van der Waals surface area contributed by atoms with E-state index in [1.807, 2.05) is 24.3 Å². The molecule has 1 aliphatic rings. The van der Waals surface area contributed by atoms with Crippen molar-refractivity contribution in [3.63, 3.8) is 0 Å². The third kappa shape index (κ3) is 3.69. The lowest BCUT2D eigenvalue weighted by Gasteiger charge is -2.29. The van der Waals surface area contributed by atoms with Gasteiger partial charge in [-0.2, -0.15) is 0 Å². The van der Waals surface area contributed by atoms with Gasteiger partial charge in [0, 0.05) is 22.3 Å². The van der Waals surface area contributed by atoms with E-state index in [-0.39, 0.29) is 12.5 Å². The maximum absolute atomic E-state index is 12.6. The van der Waals surface area contributed by atoms with E-state index in [4.69, 9.17) is 9.47 Å². The Morgan fingerprint density at radius 2 is 2.08 bits per heavy atom. The summed E-state index contributed by atoms with van der Waals surface area (Å²) in [5.41, 5.74) is 2.55. The Hall–Kier alpha value is -2.34. The molecular weight excluding hydrogens is 386 g/mol. The first-order valence-corrected chi connectivity index (χ1v) is 8.77. The number of halogens is 1. The van der Waals surface area contributed by atoms with Gasteiger partial charge in [-0.1, -0.05) is 18.2 Å². The molecule has 2 aromatic rings. The number of carbonyl (C=O) groups is 2. The monoisotopic (exact) mass is 403 g/mol. The number of amides is 1. The molecule has 1 heterocycles. The van der Waals surface area contributed by atoms with Crippen LogP contribution in [0, 0.1) is 0 Å². The zero-order valence-corrected chi connectivity index (χ0v) is 15.4. The molecule has 25 heavy (non-hydrogen) atoms.